The molecule has 88 valence electrons. The Morgan fingerprint density at radius 1 is 1.18 bits per heavy atom. The molecule has 4 heteroatoms. The van der Waals surface area contributed by atoms with Crippen molar-refractivity contribution >= 4 is 16.6 Å². The molecule has 0 aliphatic rings. The van der Waals surface area contributed by atoms with Crippen molar-refractivity contribution in [3.05, 3.63) is 36.0 Å². The summed E-state index contributed by atoms with van der Waals surface area (Å²) in [6, 6.07) is 9.74. The van der Waals surface area contributed by atoms with Gasteiger partial charge in [0.25, 0.3) is 0 Å². The lowest BCUT2D eigenvalue weighted by Crippen LogP contribution is -2.00. The highest BCUT2D eigenvalue weighted by molar-refractivity contribution is 5.99. The summed E-state index contributed by atoms with van der Waals surface area (Å²) in [6.07, 6.45) is 0. The van der Waals surface area contributed by atoms with Crippen LogP contribution in [0, 0.1) is 0 Å². The zero-order valence-electron chi connectivity index (χ0n) is 10.1. The monoisotopic (exact) mass is 230 g/mol. The van der Waals surface area contributed by atoms with E-state index in [1.807, 2.05) is 37.3 Å². The van der Waals surface area contributed by atoms with Crippen LogP contribution in [-0.2, 0) is 4.84 Å². The Labute approximate surface area is 99.9 Å². The third-order valence-corrected chi connectivity index (χ3v) is 2.50. The number of aromatic nitrogens is 1. The molecule has 1 heterocycles. The van der Waals surface area contributed by atoms with Crippen molar-refractivity contribution < 1.29 is 9.57 Å². The van der Waals surface area contributed by atoms with Gasteiger partial charge in [0, 0.05) is 5.39 Å². The first-order chi connectivity index (χ1) is 8.26. The SMILES string of the molecule is CON=C(C)c1ccc2cccc(OC)c2n1. The van der Waals surface area contributed by atoms with E-state index in [2.05, 4.69) is 10.1 Å². The van der Waals surface area contributed by atoms with E-state index >= 15 is 0 Å². The summed E-state index contributed by atoms with van der Waals surface area (Å²) in [6.45, 7) is 1.85. The second kappa shape index (κ2) is 4.82. The minimum absolute atomic E-state index is 0.736. The lowest BCUT2D eigenvalue weighted by Gasteiger charge is -2.06. The lowest BCUT2D eigenvalue weighted by molar-refractivity contribution is 0.213. The molecule has 0 saturated heterocycles. The number of oxime groups is 1. The zero-order chi connectivity index (χ0) is 12.3. The number of para-hydroxylation sites is 1. The number of methoxy groups -OCH3 is 1. The second-order valence-corrected chi connectivity index (χ2v) is 3.59. The molecule has 0 aliphatic heterocycles. The maximum atomic E-state index is 5.29. The largest absolute Gasteiger partial charge is 0.494 e. The van der Waals surface area contributed by atoms with Crippen molar-refractivity contribution in [2.45, 2.75) is 6.92 Å². The van der Waals surface area contributed by atoms with E-state index in [1.54, 1.807) is 7.11 Å². The second-order valence-electron chi connectivity index (χ2n) is 3.59. The molecule has 0 bridgehead atoms. The first-order valence-electron chi connectivity index (χ1n) is 5.28. The van der Waals surface area contributed by atoms with Crippen molar-refractivity contribution in [2.24, 2.45) is 5.16 Å². The smallest absolute Gasteiger partial charge is 0.145 e. The van der Waals surface area contributed by atoms with E-state index in [9.17, 15) is 0 Å². The van der Waals surface area contributed by atoms with Crippen molar-refractivity contribution in [3.63, 3.8) is 0 Å². The Bertz CT molecular complexity index is 564. The first-order valence-corrected chi connectivity index (χ1v) is 5.28. The molecule has 0 amide bonds. The van der Waals surface area contributed by atoms with Gasteiger partial charge in [-0.2, -0.15) is 0 Å². The van der Waals surface area contributed by atoms with Crippen molar-refractivity contribution in [2.75, 3.05) is 14.2 Å². The fourth-order valence-electron chi connectivity index (χ4n) is 1.67. The molecule has 4 nitrogen and oxygen atoms in total. The Hall–Kier alpha value is -2.10. The molecule has 0 radical (unpaired) electrons. The van der Waals surface area contributed by atoms with Crippen molar-refractivity contribution in [3.8, 4) is 5.75 Å². The van der Waals surface area contributed by atoms with Crippen LogP contribution in [0.5, 0.6) is 5.75 Å². The molecular formula is C13H14N2O2. The third-order valence-electron chi connectivity index (χ3n) is 2.50. The van der Waals surface area contributed by atoms with Crippen LogP contribution in [0.2, 0.25) is 0 Å². The molecule has 1 aromatic heterocycles. The Balaban J connectivity index is 2.59. The molecule has 1 aromatic carbocycles. The number of benzene rings is 1. The predicted octanol–water partition coefficient (Wildman–Crippen LogP) is 2.61. The van der Waals surface area contributed by atoms with Gasteiger partial charge in [0.2, 0.25) is 0 Å². The van der Waals surface area contributed by atoms with Gasteiger partial charge in [0.15, 0.2) is 0 Å². The maximum Gasteiger partial charge on any atom is 0.145 e. The summed E-state index contributed by atoms with van der Waals surface area (Å²) >= 11 is 0. The standard InChI is InChI=1S/C13H14N2O2/c1-9(15-17-3)11-8-7-10-5-4-6-12(16-2)13(10)14-11/h4-8H,1-3H3. The summed E-state index contributed by atoms with van der Waals surface area (Å²) in [5.41, 5.74) is 2.35. The van der Waals surface area contributed by atoms with Crippen molar-refractivity contribution in [1.82, 2.24) is 4.98 Å². The minimum Gasteiger partial charge on any atom is -0.494 e. The van der Waals surface area contributed by atoms with Gasteiger partial charge in [-0.05, 0) is 19.1 Å². The van der Waals surface area contributed by atoms with Gasteiger partial charge in [0.05, 0.1) is 12.8 Å². The number of hydrogen-bond donors (Lipinski definition) is 0. The topological polar surface area (TPSA) is 43.7 Å². The average Bonchev–Trinajstić information content (AvgIpc) is 2.37. The molecule has 0 aliphatic carbocycles. The number of hydrogen-bond acceptors (Lipinski definition) is 4. The van der Waals surface area contributed by atoms with Crippen molar-refractivity contribution in [1.29, 1.82) is 0 Å². The quantitative estimate of drug-likeness (QED) is 0.601. The molecule has 0 atom stereocenters. The van der Waals surface area contributed by atoms with Crippen LogP contribution in [0.25, 0.3) is 10.9 Å². The molecule has 0 unspecified atom stereocenters. The summed E-state index contributed by atoms with van der Waals surface area (Å²) in [5, 5.41) is 4.91. The van der Waals surface area contributed by atoms with E-state index in [0.717, 1.165) is 28.1 Å². The van der Waals surface area contributed by atoms with Crippen LogP contribution in [-0.4, -0.2) is 24.9 Å². The number of ether oxygens (including phenoxy) is 1. The fourth-order valence-corrected chi connectivity index (χ4v) is 1.67. The molecule has 0 N–H and O–H groups in total. The fraction of sp³-hybridized carbons (Fsp3) is 0.231. The maximum absolute atomic E-state index is 5.29. The number of pyridine rings is 1. The lowest BCUT2D eigenvalue weighted by atomic mass is 10.1. The number of rotatable bonds is 3. The van der Waals surface area contributed by atoms with Crippen LogP contribution in [0.15, 0.2) is 35.5 Å². The van der Waals surface area contributed by atoms with Crippen LogP contribution >= 0.6 is 0 Å². The molecule has 2 aromatic rings. The number of fused-ring (bicyclic) bond motifs is 1. The molecule has 0 saturated carbocycles. The van der Waals surface area contributed by atoms with Gasteiger partial charge in [-0.15, -0.1) is 0 Å². The molecule has 17 heavy (non-hydrogen) atoms. The van der Waals surface area contributed by atoms with E-state index in [0.29, 0.717) is 0 Å². The molecule has 0 spiro atoms. The Morgan fingerprint density at radius 3 is 2.71 bits per heavy atom. The van der Waals surface area contributed by atoms with Gasteiger partial charge in [0.1, 0.15) is 24.1 Å². The molecule has 2 rings (SSSR count). The normalized spacial score (nSPS) is 11.6. The van der Waals surface area contributed by atoms with Gasteiger partial charge in [-0.25, -0.2) is 4.98 Å². The van der Waals surface area contributed by atoms with Gasteiger partial charge >= 0.3 is 0 Å². The van der Waals surface area contributed by atoms with Crippen LogP contribution in [0.1, 0.15) is 12.6 Å². The number of nitrogens with zero attached hydrogens (tertiary/aromatic N) is 2. The van der Waals surface area contributed by atoms with Gasteiger partial charge < -0.3 is 9.57 Å². The summed E-state index contributed by atoms with van der Waals surface area (Å²) < 4.78 is 5.29. The highest BCUT2D eigenvalue weighted by Gasteiger charge is 2.06. The molecule has 0 fully saturated rings. The summed E-state index contributed by atoms with van der Waals surface area (Å²) in [7, 11) is 3.16. The van der Waals surface area contributed by atoms with E-state index in [-0.39, 0.29) is 0 Å². The Morgan fingerprint density at radius 2 is 2.00 bits per heavy atom. The summed E-state index contributed by atoms with van der Waals surface area (Å²) in [5.74, 6) is 0.759. The van der Waals surface area contributed by atoms with Crippen LogP contribution < -0.4 is 4.74 Å². The van der Waals surface area contributed by atoms with Crippen LogP contribution in [0.4, 0.5) is 0 Å². The highest BCUT2D eigenvalue weighted by Crippen LogP contribution is 2.23. The third kappa shape index (κ3) is 2.20. The van der Waals surface area contributed by atoms with Gasteiger partial charge in [-0.1, -0.05) is 23.4 Å². The van der Waals surface area contributed by atoms with Crippen LogP contribution in [0.3, 0.4) is 0 Å². The zero-order valence-corrected chi connectivity index (χ0v) is 10.1. The van der Waals surface area contributed by atoms with E-state index < -0.39 is 0 Å². The Kier molecular flexibility index (Phi) is 3.23. The predicted molar refractivity (Wildman–Crippen MR) is 67.5 cm³/mol. The van der Waals surface area contributed by atoms with Gasteiger partial charge in [-0.3, -0.25) is 0 Å². The first kappa shape index (κ1) is 11.4. The summed E-state index contributed by atoms with van der Waals surface area (Å²) in [4.78, 5) is 9.27. The van der Waals surface area contributed by atoms with E-state index in [1.165, 1.54) is 7.11 Å². The average molecular weight is 230 g/mol. The molecular weight excluding hydrogens is 216 g/mol. The highest BCUT2D eigenvalue weighted by atomic mass is 16.6. The minimum atomic E-state index is 0.736. The van der Waals surface area contributed by atoms with E-state index in [4.69, 9.17) is 9.57 Å².